The lowest BCUT2D eigenvalue weighted by Gasteiger charge is -2.36. The van der Waals surface area contributed by atoms with E-state index in [1.165, 1.54) is 24.9 Å². The zero-order chi connectivity index (χ0) is 17.1. The fraction of sp³-hybridized carbons (Fsp3) is 0.632. The van der Waals surface area contributed by atoms with Gasteiger partial charge in [0.1, 0.15) is 0 Å². The van der Waals surface area contributed by atoms with Crippen molar-refractivity contribution in [2.45, 2.75) is 58.1 Å². The molecule has 24 heavy (non-hydrogen) atoms. The molecule has 2 unspecified atom stereocenters. The van der Waals surface area contributed by atoms with Crippen LogP contribution in [0.2, 0.25) is 0 Å². The normalized spacial score (nSPS) is 24.8. The molecule has 0 saturated carbocycles. The molecule has 132 valence electrons. The molecule has 3 rings (SSSR count). The highest BCUT2D eigenvalue weighted by molar-refractivity contribution is 5.90. The quantitative estimate of drug-likeness (QED) is 0.874. The second-order valence-corrected chi connectivity index (χ2v) is 7.21. The van der Waals surface area contributed by atoms with Crippen LogP contribution in [0.25, 0.3) is 0 Å². The molecule has 1 aromatic carbocycles. The molecule has 0 bridgehead atoms. The molecule has 2 fully saturated rings. The molecule has 2 aliphatic rings. The summed E-state index contributed by atoms with van der Waals surface area (Å²) in [6.07, 6.45) is 5.05. The minimum atomic E-state index is -0.395. The molecule has 2 atom stereocenters. The highest BCUT2D eigenvalue weighted by Crippen LogP contribution is 2.28. The van der Waals surface area contributed by atoms with Gasteiger partial charge in [0, 0.05) is 37.1 Å². The van der Waals surface area contributed by atoms with Gasteiger partial charge in [-0.15, -0.1) is 0 Å². The number of aliphatic hydroxyl groups is 1. The summed E-state index contributed by atoms with van der Waals surface area (Å²) < 4.78 is 0. The third kappa shape index (κ3) is 3.83. The van der Waals surface area contributed by atoms with Crippen LogP contribution in [0.15, 0.2) is 18.2 Å². The first kappa shape index (κ1) is 17.1. The minimum Gasteiger partial charge on any atom is -0.391 e. The van der Waals surface area contributed by atoms with Crippen LogP contribution >= 0.6 is 0 Å². The first-order valence-electron chi connectivity index (χ1n) is 9.16. The van der Waals surface area contributed by atoms with Gasteiger partial charge in [-0.3, -0.25) is 0 Å². The molecule has 0 aliphatic carbocycles. The Kier molecular flexibility index (Phi) is 5.29. The van der Waals surface area contributed by atoms with Gasteiger partial charge in [0.05, 0.1) is 6.10 Å². The Labute approximate surface area is 144 Å². The highest BCUT2D eigenvalue weighted by Gasteiger charge is 2.23. The van der Waals surface area contributed by atoms with Gasteiger partial charge in [-0.1, -0.05) is 0 Å². The maximum absolute atomic E-state index is 12.4. The maximum atomic E-state index is 12.4. The number of benzene rings is 1. The number of nitrogens with zero attached hydrogens (tertiary/aromatic N) is 2. The number of carbonyl (C=O) groups is 1. The molecule has 0 radical (unpaired) electrons. The number of anilines is 2. The predicted molar refractivity (Wildman–Crippen MR) is 97.7 cm³/mol. The van der Waals surface area contributed by atoms with Crippen molar-refractivity contribution in [2.75, 3.05) is 29.9 Å². The van der Waals surface area contributed by atoms with Crippen LogP contribution in [0, 0.1) is 6.92 Å². The predicted octanol–water partition coefficient (Wildman–Crippen LogP) is 3.36. The maximum Gasteiger partial charge on any atom is 0.321 e. The van der Waals surface area contributed by atoms with Gasteiger partial charge in [-0.25, -0.2) is 4.79 Å². The minimum absolute atomic E-state index is 0.115. The molecule has 0 aromatic heterocycles. The SMILES string of the molecule is Cc1cc(N2CCCCC2C)ccc1NC(=O)N1CCCC(O)C1. The van der Waals surface area contributed by atoms with E-state index >= 15 is 0 Å². The van der Waals surface area contributed by atoms with Crippen LogP contribution in [0.5, 0.6) is 0 Å². The number of likely N-dealkylation sites (tertiary alicyclic amines) is 1. The summed E-state index contributed by atoms with van der Waals surface area (Å²) in [4.78, 5) is 16.6. The third-order valence-corrected chi connectivity index (χ3v) is 5.27. The van der Waals surface area contributed by atoms with Gasteiger partial charge < -0.3 is 20.2 Å². The molecule has 5 heteroatoms. The van der Waals surface area contributed by atoms with Gasteiger partial charge in [-0.2, -0.15) is 0 Å². The second kappa shape index (κ2) is 7.43. The van der Waals surface area contributed by atoms with Crippen molar-refractivity contribution in [2.24, 2.45) is 0 Å². The number of rotatable bonds is 2. The van der Waals surface area contributed by atoms with E-state index in [1.807, 2.05) is 13.0 Å². The zero-order valence-corrected chi connectivity index (χ0v) is 14.8. The lowest BCUT2D eigenvalue weighted by Crippen LogP contribution is -2.44. The topological polar surface area (TPSA) is 55.8 Å². The standard InChI is InChI=1S/C19H29N3O2/c1-14-12-16(22-11-4-3-6-15(22)2)8-9-18(14)20-19(24)21-10-5-7-17(23)13-21/h8-9,12,15,17,23H,3-7,10-11,13H2,1-2H3,(H,20,24). The van der Waals surface area contributed by atoms with E-state index in [4.69, 9.17) is 0 Å². The number of β-amino-alcohol motifs (C(OH)–C–C–N with tert-alkyl or cyclic N) is 1. The Hall–Kier alpha value is -1.75. The van der Waals surface area contributed by atoms with E-state index in [0.717, 1.165) is 30.6 Å². The monoisotopic (exact) mass is 331 g/mol. The van der Waals surface area contributed by atoms with E-state index in [-0.39, 0.29) is 6.03 Å². The molecule has 2 aliphatic heterocycles. The van der Waals surface area contributed by atoms with Crippen molar-refractivity contribution < 1.29 is 9.90 Å². The fourth-order valence-corrected chi connectivity index (χ4v) is 3.78. The molecule has 2 saturated heterocycles. The van der Waals surface area contributed by atoms with Crippen LogP contribution in [0.3, 0.4) is 0 Å². The van der Waals surface area contributed by atoms with E-state index < -0.39 is 6.10 Å². The summed E-state index contributed by atoms with van der Waals surface area (Å²) in [5, 5.41) is 12.7. The number of aryl methyl sites for hydroxylation is 1. The summed E-state index contributed by atoms with van der Waals surface area (Å²) in [5.74, 6) is 0. The Morgan fingerprint density at radius 3 is 2.75 bits per heavy atom. The Balaban J connectivity index is 1.67. The van der Waals surface area contributed by atoms with E-state index in [1.54, 1.807) is 4.90 Å². The Morgan fingerprint density at radius 2 is 2.04 bits per heavy atom. The fourth-order valence-electron chi connectivity index (χ4n) is 3.78. The molecular weight excluding hydrogens is 302 g/mol. The number of urea groups is 1. The molecule has 5 nitrogen and oxygen atoms in total. The van der Waals surface area contributed by atoms with Crippen LogP contribution in [-0.2, 0) is 0 Å². The summed E-state index contributed by atoms with van der Waals surface area (Å²) in [5.41, 5.74) is 3.18. The lowest BCUT2D eigenvalue weighted by atomic mass is 10.0. The first-order valence-corrected chi connectivity index (χ1v) is 9.16. The van der Waals surface area contributed by atoms with Crippen LogP contribution in [0.4, 0.5) is 16.2 Å². The summed E-state index contributed by atoms with van der Waals surface area (Å²) in [6, 6.07) is 6.74. The number of carbonyl (C=O) groups excluding carboxylic acids is 1. The van der Waals surface area contributed by atoms with Gasteiger partial charge in [0.25, 0.3) is 0 Å². The number of hydrogen-bond donors (Lipinski definition) is 2. The van der Waals surface area contributed by atoms with Crippen LogP contribution < -0.4 is 10.2 Å². The molecular formula is C19H29N3O2. The number of nitrogens with one attached hydrogen (secondary N) is 1. The second-order valence-electron chi connectivity index (χ2n) is 7.21. The van der Waals surface area contributed by atoms with Crippen molar-refractivity contribution >= 4 is 17.4 Å². The Bertz CT molecular complexity index is 590. The Morgan fingerprint density at radius 1 is 1.21 bits per heavy atom. The smallest absolute Gasteiger partial charge is 0.321 e. The van der Waals surface area contributed by atoms with Crippen molar-refractivity contribution in [1.82, 2.24) is 4.90 Å². The molecule has 0 spiro atoms. The average Bonchev–Trinajstić information content (AvgIpc) is 2.57. The van der Waals surface area contributed by atoms with E-state index in [2.05, 4.69) is 29.3 Å². The zero-order valence-electron chi connectivity index (χ0n) is 14.8. The average molecular weight is 331 g/mol. The van der Waals surface area contributed by atoms with Crippen molar-refractivity contribution in [3.05, 3.63) is 23.8 Å². The van der Waals surface area contributed by atoms with Gasteiger partial charge >= 0.3 is 6.03 Å². The van der Waals surface area contributed by atoms with Crippen molar-refractivity contribution in [3.8, 4) is 0 Å². The molecule has 2 heterocycles. The number of piperidine rings is 2. The number of amides is 2. The van der Waals surface area contributed by atoms with Crippen LogP contribution in [0.1, 0.15) is 44.6 Å². The summed E-state index contributed by atoms with van der Waals surface area (Å²) in [6.45, 7) is 6.57. The van der Waals surface area contributed by atoms with Crippen molar-refractivity contribution in [3.63, 3.8) is 0 Å². The molecule has 1 aromatic rings. The first-order chi connectivity index (χ1) is 11.5. The number of hydrogen-bond acceptors (Lipinski definition) is 3. The molecule has 2 N–H and O–H groups in total. The van der Waals surface area contributed by atoms with E-state index in [0.29, 0.717) is 19.1 Å². The van der Waals surface area contributed by atoms with E-state index in [9.17, 15) is 9.90 Å². The highest BCUT2D eigenvalue weighted by atomic mass is 16.3. The molecule has 2 amide bonds. The summed E-state index contributed by atoms with van der Waals surface area (Å²) in [7, 11) is 0. The summed E-state index contributed by atoms with van der Waals surface area (Å²) >= 11 is 0. The largest absolute Gasteiger partial charge is 0.391 e. The van der Waals surface area contributed by atoms with Crippen LogP contribution in [-0.4, -0.2) is 47.8 Å². The van der Waals surface area contributed by atoms with Gasteiger partial charge in [-0.05, 0) is 69.7 Å². The van der Waals surface area contributed by atoms with Crippen molar-refractivity contribution in [1.29, 1.82) is 0 Å². The lowest BCUT2D eigenvalue weighted by molar-refractivity contribution is 0.0883. The third-order valence-electron chi connectivity index (χ3n) is 5.27. The van der Waals surface area contributed by atoms with Gasteiger partial charge in [0.15, 0.2) is 0 Å². The van der Waals surface area contributed by atoms with Gasteiger partial charge in [0.2, 0.25) is 0 Å². The number of aliphatic hydroxyl groups excluding tert-OH is 1.